The number of aromatic nitrogens is 1. The molecule has 2 atom stereocenters. The average molecular weight is 476 g/mol. The number of carbonyl (C=O) groups is 2. The van der Waals surface area contributed by atoms with E-state index >= 15 is 0 Å². The molecular formula is C20H33N3O6S2. The number of hydrogen-bond acceptors (Lipinski definition) is 9. The standard InChI is InChI=1S/C20H33N3O6S2/c1-20(2,3)15(13-24)29-18(27-4)14-28-19(26)23-10-8-16(25)21-11-12-30-31-17-7-5-6-9-22-17/h5-7,9,15,18,24H,8,10-14H2,1-4H3,(H,21,25)(H,23,26). The van der Waals surface area contributed by atoms with Crippen LogP contribution in [-0.2, 0) is 19.0 Å². The Labute approximate surface area is 191 Å². The van der Waals surface area contributed by atoms with E-state index in [0.29, 0.717) is 6.54 Å². The van der Waals surface area contributed by atoms with Crippen LogP contribution in [0.2, 0.25) is 0 Å². The van der Waals surface area contributed by atoms with Crippen LogP contribution in [0.5, 0.6) is 0 Å². The minimum atomic E-state index is -0.799. The van der Waals surface area contributed by atoms with Crippen molar-refractivity contribution in [2.75, 3.05) is 39.2 Å². The number of alkyl carbamates (subject to hydrolysis) is 1. The summed E-state index contributed by atoms with van der Waals surface area (Å²) in [6.45, 7) is 6.16. The molecule has 0 spiro atoms. The van der Waals surface area contributed by atoms with Crippen molar-refractivity contribution in [2.24, 2.45) is 5.41 Å². The van der Waals surface area contributed by atoms with Crippen molar-refractivity contribution in [1.82, 2.24) is 15.6 Å². The number of aliphatic hydroxyl groups is 1. The molecule has 3 N–H and O–H groups in total. The monoisotopic (exact) mass is 475 g/mol. The third kappa shape index (κ3) is 12.8. The van der Waals surface area contributed by atoms with E-state index in [9.17, 15) is 14.7 Å². The highest BCUT2D eigenvalue weighted by Gasteiger charge is 2.28. The molecule has 2 amide bonds. The minimum Gasteiger partial charge on any atom is -0.444 e. The molecule has 0 bridgehead atoms. The predicted octanol–water partition coefficient (Wildman–Crippen LogP) is 2.45. The lowest BCUT2D eigenvalue weighted by atomic mass is 9.89. The second-order valence-corrected chi connectivity index (χ2v) is 9.97. The van der Waals surface area contributed by atoms with Crippen LogP contribution in [0.3, 0.4) is 0 Å². The Hall–Kier alpha value is -1.53. The SMILES string of the molecule is COC(COC(=O)NCCC(=O)NCCSSc1ccccn1)OC(CO)C(C)(C)C. The quantitative estimate of drug-likeness (QED) is 0.212. The van der Waals surface area contributed by atoms with E-state index in [0.717, 1.165) is 10.8 Å². The summed E-state index contributed by atoms with van der Waals surface area (Å²) >= 11 is 0. The Kier molecular flexibility index (Phi) is 13.6. The number of carbonyl (C=O) groups excluding carboxylic acids is 2. The summed E-state index contributed by atoms with van der Waals surface area (Å²) in [5.74, 6) is 0.586. The smallest absolute Gasteiger partial charge is 0.407 e. The number of ether oxygens (including phenoxy) is 3. The van der Waals surface area contributed by atoms with Gasteiger partial charge in [-0.05, 0) is 28.3 Å². The van der Waals surface area contributed by atoms with Gasteiger partial charge in [0.05, 0.1) is 12.7 Å². The topological polar surface area (TPSA) is 119 Å². The molecule has 11 heteroatoms. The summed E-state index contributed by atoms with van der Waals surface area (Å²) in [7, 11) is 4.59. The fraction of sp³-hybridized carbons (Fsp3) is 0.650. The molecule has 176 valence electrons. The van der Waals surface area contributed by atoms with Crippen LogP contribution in [0.15, 0.2) is 29.4 Å². The number of pyridine rings is 1. The summed E-state index contributed by atoms with van der Waals surface area (Å²) < 4.78 is 15.9. The van der Waals surface area contributed by atoms with Crippen LogP contribution in [0.1, 0.15) is 27.2 Å². The van der Waals surface area contributed by atoms with Gasteiger partial charge in [-0.2, -0.15) is 0 Å². The molecule has 1 rings (SSSR count). The molecule has 0 saturated heterocycles. The molecular weight excluding hydrogens is 442 g/mol. The second kappa shape index (κ2) is 15.3. The zero-order valence-electron chi connectivity index (χ0n) is 18.5. The van der Waals surface area contributed by atoms with Crippen molar-refractivity contribution in [3.05, 3.63) is 24.4 Å². The highest BCUT2D eigenvalue weighted by Crippen LogP contribution is 2.28. The molecule has 0 aliphatic heterocycles. The zero-order valence-corrected chi connectivity index (χ0v) is 20.1. The zero-order chi connectivity index (χ0) is 23.1. The number of methoxy groups -OCH3 is 1. The van der Waals surface area contributed by atoms with Gasteiger partial charge in [0.2, 0.25) is 5.91 Å². The van der Waals surface area contributed by atoms with Crippen molar-refractivity contribution < 1.29 is 28.9 Å². The van der Waals surface area contributed by atoms with Crippen molar-refractivity contribution in [1.29, 1.82) is 0 Å². The summed E-state index contributed by atoms with van der Waals surface area (Å²) in [5.41, 5.74) is -0.295. The molecule has 0 fully saturated rings. The lowest BCUT2D eigenvalue weighted by molar-refractivity contribution is -0.203. The third-order valence-electron chi connectivity index (χ3n) is 3.97. The Morgan fingerprint density at radius 3 is 2.61 bits per heavy atom. The fourth-order valence-corrected chi connectivity index (χ4v) is 3.94. The first kappa shape index (κ1) is 27.5. The van der Waals surface area contributed by atoms with Gasteiger partial charge < -0.3 is 30.0 Å². The highest BCUT2D eigenvalue weighted by atomic mass is 33.1. The van der Waals surface area contributed by atoms with Crippen LogP contribution in [-0.4, -0.2) is 73.7 Å². The fourth-order valence-electron chi connectivity index (χ4n) is 2.16. The van der Waals surface area contributed by atoms with Gasteiger partial charge in [-0.3, -0.25) is 4.79 Å². The van der Waals surface area contributed by atoms with Crippen molar-refractivity contribution in [3.63, 3.8) is 0 Å². The van der Waals surface area contributed by atoms with Gasteiger partial charge in [-0.15, -0.1) is 0 Å². The van der Waals surface area contributed by atoms with Gasteiger partial charge in [0.25, 0.3) is 0 Å². The van der Waals surface area contributed by atoms with Crippen LogP contribution < -0.4 is 10.6 Å². The van der Waals surface area contributed by atoms with Gasteiger partial charge in [-0.1, -0.05) is 37.6 Å². The van der Waals surface area contributed by atoms with Crippen molar-refractivity contribution >= 4 is 33.6 Å². The van der Waals surface area contributed by atoms with E-state index in [1.165, 1.54) is 7.11 Å². The van der Waals surface area contributed by atoms with Crippen LogP contribution in [0, 0.1) is 5.41 Å². The van der Waals surface area contributed by atoms with E-state index in [1.807, 2.05) is 39.0 Å². The van der Waals surface area contributed by atoms with Gasteiger partial charge in [0.15, 0.2) is 6.29 Å². The van der Waals surface area contributed by atoms with E-state index < -0.39 is 18.5 Å². The average Bonchev–Trinajstić information content (AvgIpc) is 2.73. The maximum absolute atomic E-state index is 11.8. The van der Waals surface area contributed by atoms with Gasteiger partial charge in [0, 0.05) is 38.6 Å². The van der Waals surface area contributed by atoms with E-state index in [4.69, 9.17) is 14.2 Å². The maximum atomic E-state index is 11.8. The Morgan fingerprint density at radius 1 is 1.23 bits per heavy atom. The summed E-state index contributed by atoms with van der Waals surface area (Å²) in [6, 6.07) is 5.72. The van der Waals surface area contributed by atoms with Gasteiger partial charge >= 0.3 is 6.09 Å². The number of nitrogens with zero attached hydrogens (tertiary/aromatic N) is 1. The number of hydrogen-bond donors (Lipinski definition) is 3. The molecule has 0 aromatic carbocycles. The molecule has 1 aromatic heterocycles. The minimum absolute atomic E-state index is 0.133. The lowest BCUT2D eigenvalue weighted by Crippen LogP contribution is -2.39. The Balaban J connectivity index is 2.12. The first-order chi connectivity index (χ1) is 14.8. The van der Waals surface area contributed by atoms with Crippen LogP contribution in [0.25, 0.3) is 0 Å². The number of amides is 2. The second-order valence-electron chi connectivity index (χ2n) is 7.54. The molecule has 0 saturated carbocycles. The van der Waals surface area contributed by atoms with E-state index in [2.05, 4.69) is 15.6 Å². The molecule has 1 aromatic rings. The molecule has 0 aliphatic rings. The molecule has 1 heterocycles. The molecule has 31 heavy (non-hydrogen) atoms. The normalized spacial score (nSPS) is 13.3. The van der Waals surface area contributed by atoms with Crippen LogP contribution in [0.4, 0.5) is 4.79 Å². The molecule has 0 aliphatic carbocycles. The number of aliphatic hydroxyl groups excluding tert-OH is 1. The van der Waals surface area contributed by atoms with Crippen LogP contribution >= 0.6 is 21.6 Å². The first-order valence-corrected chi connectivity index (χ1v) is 12.2. The predicted molar refractivity (Wildman–Crippen MR) is 122 cm³/mol. The van der Waals surface area contributed by atoms with E-state index in [-0.39, 0.29) is 37.5 Å². The van der Waals surface area contributed by atoms with Gasteiger partial charge in [-0.25, -0.2) is 9.78 Å². The molecule has 0 radical (unpaired) electrons. The van der Waals surface area contributed by atoms with Crippen molar-refractivity contribution in [3.8, 4) is 0 Å². The summed E-state index contributed by atoms with van der Waals surface area (Å²) in [4.78, 5) is 27.8. The lowest BCUT2D eigenvalue weighted by Gasteiger charge is -2.31. The Morgan fingerprint density at radius 2 is 2.00 bits per heavy atom. The summed E-state index contributed by atoms with van der Waals surface area (Å²) in [5, 5.41) is 15.7. The van der Waals surface area contributed by atoms with E-state index in [1.54, 1.807) is 27.8 Å². The van der Waals surface area contributed by atoms with Gasteiger partial charge in [0.1, 0.15) is 11.6 Å². The summed E-state index contributed by atoms with van der Waals surface area (Å²) in [6.07, 6.45) is -0.0473. The highest BCUT2D eigenvalue weighted by molar-refractivity contribution is 8.76. The molecule has 9 nitrogen and oxygen atoms in total. The maximum Gasteiger partial charge on any atom is 0.407 e. The Bertz CT molecular complexity index is 646. The first-order valence-electron chi connectivity index (χ1n) is 9.93. The van der Waals surface area contributed by atoms with Crippen molar-refractivity contribution in [2.45, 2.75) is 44.6 Å². The third-order valence-corrected chi connectivity index (χ3v) is 6.24. The molecule has 2 unspecified atom stereocenters. The largest absolute Gasteiger partial charge is 0.444 e. The number of nitrogens with one attached hydrogen (secondary N) is 2. The number of rotatable bonds is 14.